The van der Waals surface area contributed by atoms with Crippen LogP contribution in [-0.4, -0.2) is 18.2 Å². The van der Waals surface area contributed by atoms with Crippen molar-refractivity contribution in [3.63, 3.8) is 0 Å². The van der Waals surface area contributed by atoms with Crippen molar-refractivity contribution < 1.29 is 4.74 Å². The largest absolute Gasteiger partial charge is 0.375 e. The molecular formula is C10H19NO. The van der Waals surface area contributed by atoms with E-state index in [9.17, 15) is 0 Å². The average molecular weight is 169 g/mol. The number of fused-ring (bicyclic) bond motifs is 4. The first-order valence-electron chi connectivity index (χ1n) is 5.16. The lowest BCUT2D eigenvalue weighted by Crippen LogP contribution is -2.41. The molecule has 0 radical (unpaired) electrons. The van der Waals surface area contributed by atoms with Gasteiger partial charge in [0.25, 0.3) is 0 Å². The summed E-state index contributed by atoms with van der Waals surface area (Å²) in [6.07, 6.45) is 7.49. The first-order chi connectivity index (χ1) is 5.75. The fraction of sp³-hybridized carbons (Fsp3) is 1.00. The van der Waals surface area contributed by atoms with E-state index in [1.807, 2.05) is 0 Å². The molecule has 3 aliphatic rings. The molecule has 1 aliphatic carbocycles. The van der Waals surface area contributed by atoms with E-state index in [4.69, 9.17) is 10.5 Å². The summed E-state index contributed by atoms with van der Waals surface area (Å²) >= 11 is 0. The van der Waals surface area contributed by atoms with E-state index in [1.54, 1.807) is 0 Å². The predicted octanol–water partition coefficient (Wildman–Crippen LogP) is 1.68. The van der Waals surface area contributed by atoms with E-state index in [-0.39, 0.29) is 0 Å². The highest BCUT2D eigenvalue weighted by atomic mass is 16.5. The molecule has 2 N–H and O–H groups in total. The van der Waals surface area contributed by atoms with Gasteiger partial charge in [0.2, 0.25) is 0 Å². The third-order valence-electron chi connectivity index (χ3n) is 3.37. The summed E-state index contributed by atoms with van der Waals surface area (Å²) in [5, 5.41) is 0. The second kappa shape index (κ2) is 3.35. The number of nitrogens with two attached hydrogens (primary N) is 1. The summed E-state index contributed by atoms with van der Waals surface area (Å²) in [6.45, 7) is 2.14. The van der Waals surface area contributed by atoms with Gasteiger partial charge in [-0.3, -0.25) is 0 Å². The van der Waals surface area contributed by atoms with Gasteiger partial charge in [-0.25, -0.2) is 0 Å². The van der Waals surface area contributed by atoms with E-state index in [2.05, 4.69) is 6.92 Å². The minimum absolute atomic E-state index is 0.377. The van der Waals surface area contributed by atoms with Crippen LogP contribution in [0.1, 0.15) is 39.0 Å². The van der Waals surface area contributed by atoms with Gasteiger partial charge in [0.1, 0.15) is 0 Å². The van der Waals surface area contributed by atoms with Crippen molar-refractivity contribution in [1.29, 1.82) is 0 Å². The summed E-state index contributed by atoms with van der Waals surface area (Å²) in [4.78, 5) is 0. The van der Waals surface area contributed by atoms with Crippen LogP contribution >= 0.6 is 0 Å². The quantitative estimate of drug-likeness (QED) is 0.648. The highest BCUT2D eigenvalue weighted by Gasteiger charge is 2.33. The van der Waals surface area contributed by atoms with Gasteiger partial charge in [-0.2, -0.15) is 0 Å². The van der Waals surface area contributed by atoms with E-state index < -0.39 is 0 Å². The molecule has 0 aromatic rings. The fourth-order valence-corrected chi connectivity index (χ4v) is 2.40. The molecule has 2 nitrogen and oxygen atoms in total. The van der Waals surface area contributed by atoms with Crippen LogP contribution in [0.15, 0.2) is 0 Å². The van der Waals surface area contributed by atoms with Gasteiger partial charge >= 0.3 is 0 Å². The van der Waals surface area contributed by atoms with Crippen LogP contribution < -0.4 is 5.73 Å². The normalized spacial score (nSPS) is 44.0. The predicted molar refractivity (Wildman–Crippen MR) is 48.9 cm³/mol. The third-order valence-corrected chi connectivity index (χ3v) is 3.37. The van der Waals surface area contributed by atoms with Gasteiger partial charge in [-0.15, -0.1) is 0 Å². The van der Waals surface area contributed by atoms with Crippen molar-refractivity contribution >= 4 is 0 Å². The smallest absolute Gasteiger partial charge is 0.0603 e. The molecule has 0 spiro atoms. The molecule has 2 bridgehead atoms. The molecular weight excluding hydrogens is 150 g/mol. The van der Waals surface area contributed by atoms with Crippen LogP contribution in [0.25, 0.3) is 0 Å². The van der Waals surface area contributed by atoms with Crippen LogP contribution in [0.5, 0.6) is 0 Å². The molecule has 2 heteroatoms. The van der Waals surface area contributed by atoms with Crippen molar-refractivity contribution in [3.05, 3.63) is 0 Å². The van der Waals surface area contributed by atoms with Gasteiger partial charge in [-0.05, 0) is 44.9 Å². The fourth-order valence-electron chi connectivity index (χ4n) is 2.40. The van der Waals surface area contributed by atoms with Crippen LogP contribution in [0, 0.1) is 5.92 Å². The Kier molecular flexibility index (Phi) is 2.37. The molecule has 2 aliphatic heterocycles. The first-order valence-corrected chi connectivity index (χ1v) is 5.16. The zero-order valence-corrected chi connectivity index (χ0v) is 7.83. The Morgan fingerprint density at radius 1 is 1.17 bits per heavy atom. The topological polar surface area (TPSA) is 35.2 Å². The Bertz CT molecular complexity index is 140. The molecule has 1 saturated carbocycles. The second-order valence-electron chi connectivity index (χ2n) is 4.39. The standard InChI is InChI=1S/C10H19NO/c1-7(11)8-2-4-9-6-10(12-9)5-3-8/h7-10H,2-6,11H2,1H3. The Balaban J connectivity index is 1.86. The van der Waals surface area contributed by atoms with Gasteiger partial charge in [0, 0.05) is 6.04 Å². The molecule has 3 atom stereocenters. The zero-order valence-electron chi connectivity index (χ0n) is 7.83. The van der Waals surface area contributed by atoms with E-state index in [1.165, 1.54) is 32.1 Å². The lowest BCUT2D eigenvalue weighted by atomic mass is 9.82. The van der Waals surface area contributed by atoms with Gasteiger partial charge in [0.15, 0.2) is 0 Å². The molecule has 70 valence electrons. The van der Waals surface area contributed by atoms with E-state index in [0.717, 1.165) is 5.92 Å². The van der Waals surface area contributed by atoms with E-state index in [0.29, 0.717) is 18.2 Å². The molecule has 0 amide bonds. The molecule has 3 fully saturated rings. The minimum atomic E-state index is 0.377. The number of ether oxygens (including phenoxy) is 1. The average Bonchev–Trinajstić information content (AvgIpc) is 1.79. The molecule has 0 aromatic carbocycles. The SMILES string of the molecule is CC(N)C1CCC2CC(CC1)O2. The molecule has 2 saturated heterocycles. The van der Waals surface area contributed by atoms with Crippen molar-refractivity contribution in [2.75, 3.05) is 0 Å². The summed E-state index contributed by atoms with van der Waals surface area (Å²) < 4.78 is 5.67. The maximum absolute atomic E-state index is 5.91. The van der Waals surface area contributed by atoms with Crippen LogP contribution in [0.3, 0.4) is 0 Å². The highest BCUT2D eigenvalue weighted by Crippen LogP contribution is 2.34. The maximum atomic E-state index is 5.91. The number of rotatable bonds is 1. The highest BCUT2D eigenvalue weighted by molar-refractivity contribution is 4.84. The minimum Gasteiger partial charge on any atom is -0.375 e. The van der Waals surface area contributed by atoms with Crippen molar-refractivity contribution in [1.82, 2.24) is 0 Å². The molecule has 12 heavy (non-hydrogen) atoms. The number of hydrogen-bond donors (Lipinski definition) is 1. The summed E-state index contributed by atoms with van der Waals surface area (Å²) in [7, 11) is 0. The first kappa shape index (κ1) is 8.52. The second-order valence-corrected chi connectivity index (χ2v) is 4.39. The summed E-state index contributed by atoms with van der Waals surface area (Å²) in [6, 6.07) is 0.377. The Labute approximate surface area is 74.5 Å². The van der Waals surface area contributed by atoms with Crippen LogP contribution in [-0.2, 0) is 4.74 Å². The maximum Gasteiger partial charge on any atom is 0.0603 e. The third kappa shape index (κ3) is 1.64. The van der Waals surface area contributed by atoms with Crippen molar-refractivity contribution in [2.45, 2.75) is 57.3 Å². The molecule has 3 unspecified atom stereocenters. The molecule has 2 heterocycles. The van der Waals surface area contributed by atoms with Crippen molar-refractivity contribution in [3.8, 4) is 0 Å². The molecule has 3 rings (SSSR count). The number of hydrogen-bond acceptors (Lipinski definition) is 2. The van der Waals surface area contributed by atoms with Crippen molar-refractivity contribution in [2.24, 2.45) is 11.7 Å². The van der Waals surface area contributed by atoms with Crippen LogP contribution in [0.2, 0.25) is 0 Å². The van der Waals surface area contributed by atoms with Gasteiger partial charge in [0.05, 0.1) is 12.2 Å². The van der Waals surface area contributed by atoms with E-state index >= 15 is 0 Å². The Hall–Kier alpha value is -0.0800. The van der Waals surface area contributed by atoms with Gasteiger partial charge in [-0.1, -0.05) is 0 Å². The lowest BCUT2D eigenvalue weighted by molar-refractivity contribution is -0.141. The summed E-state index contributed by atoms with van der Waals surface area (Å²) in [5.41, 5.74) is 5.91. The monoisotopic (exact) mass is 169 g/mol. The Morgan fingerprint density at radius 3 is 2.08 bits per heavy atom. The summed E-state index contributed by atoms with van der Waals surface area (Å²) in [5.74, 6) is 0.749. The van der Waals surface area contributed by atoms with Gasteiger partial charge < -0.3 is 10.5 Å². The lowest BCUT2D eigenvalue weighted by Gasteiger charge is -2.40. The van der Waals surface area contributed by atoms with Crippen LogP contribution in [0.4, 0.5) is 0 Å². The molecule has 0 aromatic heterocycles. The Morgan fingerprint density at radius 2 is 1.67 bits per heavy atom. The zero-order chi connectivity index (χ0) is 8.55.